The zero-order chi connectivity index (χ0) is 21.3. The molecule has 1 unspecified atom stereocenters. The second kappa shape index (κ2) is 9.70. The van der Waals surface area contributed by atoms with Crippen molar-refractivity contribution in [3.63, 3.8) is 0 Å². The normalized spacial score (nSPS) is 12.0. The summed E-state index contributed by atoms with van der Waals surface area (Å²) in [5.41, 5.74) is 3.53. The number of benzene rings is 2. The number of carbonyl (C=O) groups is 1. The molecule has 0 saturated heterocycles. The van der Waals surface area contributed by atoms with Crippen LogP contribution in [0.15, 0.2) is 30.3 Å². The summed E-state index contributed by atoms with van der Waals surface area (Å²) in [6.45, 7) is 18.1. The van der Waals surface area contributed by atoms with E-state index in [1.165, 1.54) is 5.56 Å². The van der Waals surface area contributed by atoms with Gasteiger partial charge in [0.1, 0.15) is 22.7 Å². The van der Waals surface area contributed by atoms with Crippen LogP contribution in [0.4, 0.5) is 0 Å². The molecule has 0 N–H and O–H groups in total. The van der Waals surface area contributed by atoms with Crippen molar-refractivity contribution < 1.29 is 33.1 Å². The summed E-state index contributed by atoms with van der Waals surface area (Å²) >= 11 is 0. The topological polar surface area (TPSA) is 35.5 Å². The van der Waals surface area contributed by atoms with E-state index in [4.69, 9.17) is 9.47 Å². The van der Waals surface area contributed by atoms with Crippen LogP contribution in [-0.2, 0) is 0 Å². The third-order valence-corrected chi connectivity index (χ3v) is 5.11. The Morgan fingerprint density at radius 3 is 1.83 bits per heavy atom. The van der Waals surface area contributed by atoms with Crippen molar-refractivity contribution in [2.24, 2.45) is 0 Å². The van der Waals surface area contributed by atoms with Crippen molar-refractivity contribution in [1.82, 2.24) is 0 Å². The van der Waals surface area contributed by atoms with E-state index in [-0.39, 0.29) is 44.2 Å². The molecule has 0 saturated carbocycles. The van der Waals surface area contributed by atoms with E-state index in [2.05, 4.69) is 19.1 Å². The van der Waals surface area contributed by atoms with Gasteiger partial charge >= 0.3 is 18.9 Å². The summed E-state index contributed by atoms with van der Waals surface area (Å²) in [5, 5.41) is 0.903. The van der Waals surface area contributed by atoms with Crippen LogP contribution in [0.5, 0.6) is 11.5 Å². The molecule has 5 heteroatoms. The van der Waals surface area contributed by atoms with Crippen molar-refractivity contribution in [2.75, 3.05) is 0 Å². The Bertz CT molecular complexity index is 854. The fourth-order valence-corrected chi connectivity index (χ4v) is 4.34. The van der Waals surface area contributed by atoms with Gasteiger partial charge in [-0.2, -0.15) is 0 Å². The van der Waals surface area contributed by atoms with E-state index in [0.717, 1.165) is 27.7 Å². The molecule has 0 amide bonds. The van der Waals surface area contributed by atoms with Crippen molar-refractivity contribution in [1.29, 1.82) is 0 Å². The van der Waals surface area contributed by atoms with Gasteiger partial charge in [-0.25, -0.2) is 0 Å². The van der Waals surface area contributed by atoms with Crippen LogP contribution in [0.3, 0.4) is 0 Å². The van der Waals surface area contributed by atoms with Gasteiger partial charge in [-0.15, -0.1) is 0 Å². The Balaban J connectivity index is 0.00000420. The van der Waals surface area contributed by atoms with Gasteiger partial charge in [0.25, 0.3) is 0 Å². The Morgan fingerprint density at radius 2 is 1.34 bits per heavy atom. The maximum absolute atomic E-state index is 13.1. The molecule has 0 heterocycles. The molecule has 1 atom stereocenters. The first-order valence-corrected chi connectivity index (χ1v) is 10.7. The predicted molar refractivity (Wildman–Crippen MR) is 120 cm³/mol. The second-order valence-corrected chi connectivity index (χ2v) is 10.6. The minimum Gasteiger partial charge on any atom is -0.488 e. The summed E-state index contributed by atoms with van der Waals surface area (Å²) < 4.78 is 12.2. The van der Waals surface area contributed by atoms with E-state index in [1.54, 1.807) is 0 Å². The van der Waals surface area contributed by atoms with Gasteiger partial charge in [0.2, 0.25) is 0 Å². The molecule has 2 rings (SSSR count). The fraction of sp³-hybridized carbons (Fsp3) is 0.458. The number of carbonyl (C=O) groups excluding carboxylic acids is 1. The summed E-state index contributed by atoms with van der Waals surface area (Å²) in [4.78, 5) is 13.1. The van der Waals surface area contributed by atoms with Gasteiger partial charge in [0, 0.05) is 16.9 Å². The monoisotopic (exact) mass is 407 g/mol. The summed E-state index contributed by atoms with van der Waals surface area (Å²) in [6.07, 6.45) is 0. The van der Waals surface area contributed by atoms with Crippen LogP contribution in [0.1, 0.15) is 68.6 Å². The molecule has 3 nitrogen and oxygen atoms in total. The summed E-state index contributed by atoms with van der Waals surface area (Å²) in [6, 6.07) is 9.92. The minimum atomic E-state index is -0.363. The van der Waals surface area contributed by atoms with Crippen molar-refractivity contribution in [2.45, 2.75) is 73.5 Å². The third-order valence-electron chi connectivity index (χ3n) is 3.95. The molecule has 152 valence electrons. The zero-order valence-electron chi connectivity index (χ0n) is 19.6. The molecule has 2 aromatic rings. The Kier molecular flexibility index (Phi) is 8.62. The summed E-state index contributed by atoms with van der Waals surface area (Å²) in [5.74, 6) is 1.46. The average molecular weight is 407 g/mol. The third kappa shape index (κ3) is 7.82. The predicted octanol–water partition coefficient (Wildman–Crippen LogP) is 3.11. The number of aryl methyl sites for hydroxylation is 3. The number of rotatable bonds is 5. The quantitative estimate of drug-likeness (QED) is 0.565. The van der Waals surface area contributed by atoms with E-state index in [9.17, 15) is 4.79 Å². The largest absolute Gasteiger partial charge is 1.00 e. The van der Waals surface area contributed by atoms with Crippen LogP contribution >= 0.6 is 8.58 Å². The average Bonchev–Trinajstić information content (AvgIpc) is 2.45. The molecule has 29 heavy (non-hydrogen) atoms. The molecular weight excluding hydrogens is 374 g/mol. The van der Waals surface area contributed by atoms with Gasteiger partial charge in [-0.05, 0) is 94.2 Å². The van der Waals surface area contributed by atoms with Crippen LogP contribution in [0.2, 0.25) is 0 Å². The smallest absolute Gasteiger partial charge is 0.488 e. The second-order valence-electron chi connectivity index (χ2n) is 9.31. The van der Waals surface area contributed by atoms with Crippen molar-refractivity contribution in [3.8, 4) is 11.5 Å². The summed E-state index contributed by atoms with van der Waals surface area (Å²) in [7, 11) is -0.00504. The number of ether oxygens (including phenoxy) is 2. The van der Waals surface area contributed by atoms with Crippen LogP contribution < -0.4 is 33.6 Å². The van der Waals surface area contributed by atoms with Gasteiger partial charge in [-0.1, -0.05) is 17.7 Å². The molecule has 2 aromatic carbocycles. The van der Waals surface area contributed by atoms with Gasteiger partial charge < -0.3 is 9.47 Å². The molecule has 0 aliphatic rings. The van der Waals surface area contributed by atoms with E-state index in [0.29, 0.717) is 5.75 Å². The maximum atomic E-state index is 13.1. The molecule has 0 aliphatic carbocycles. The molecule has 0 aromatic heterocycles. The molecule has 0 bridgehead atoms. The molecule has 0 radical (unpaired) electrons. The first-order valence-electron chi connectivity index (χ1n) is 9.66. The van der Waals surface area contributed by atoms with Gasteiger partial charge in [0.15, 0.2) is 5.52 Å². The fourth-order valence-electron chi connectivity index (χ4n) is 3.16. The Morgan fingerprint density at radius 1 is 0.828 bits per heavy atom. The van der Waals surface area contributed by atoms with Crippen molar-refractivity contribution in [3.05, 3.63) is 52.6 Å². The molecule has 0 fully saturated rings. The molecule has 0 spiro atoms. The van der Waals surface area contributed by atoms with Crippen LogP contribution in [0.25, 0.3) is 0 Å². The van der Waals surface area contributed by atoms with Crippen LogP contribution in [0, 0.1) is 20.8 Å². The standard InChI is InChI=1S/C24H33O3P.Li/c1-15-12-16(2)21(17(3)13-15)22(25)28-20-11-10-18(26-23(4,5)6)14-19(20)27-24(7,8)9;/h10-14,28H,1-9H3;/q;+1. The van der Waals surface area contributed by atoms with Crippen LogP contribution in [-0.4, -0.2) is 16.7 Å². The number of hydrogen-bond acceptors (Lipinski definition) is 3. The van der Waals surface area contributed by atoms with Gasteiger partial charge in [-0.3, -0.25) is 4.79 Å². The Labute approximate surface area is 189 Å². The SMILES string of the molecule is Cc1cc(C)c(C(=O)Pc2ccc(OC(C)(C)C)cc2OC(C)(C)C)c(C)c1.[Li+]. The zero-order valence-corrected chi connectivity index (χ0v) is 20.6. The minimum absolute atomic E-state index is 0. The van der Waals surface area contributed by atoms with E-state index in [1.807, 2.05) is 73.6 Å². The molecular formula is C24H33LiO3P+. The van der Waals surface area contributed by atoms with E-state index < -0.39 is 0 Å². The maximum Gasteiger partial charge on any atom is 1.00 e. The first kappa shape index (κ1) is 25.8. The Hall–Kier alpha value is -1.26. The molecule has 0 aliphatic heterocycles. The first-order chi connectivity index (χ1) is 12.7. The van der Waals surface area contributed by atoms with Crippen molar-refractivity contribution >= 4 is 19.4 Å². The van der Waals surface area contributed by atoms with Gasteiger partial charge in [0.05, 0.1) is 0 Å². The number of hydrogen-bond donors (Lipinski definition) is 0. The van der Waals surface area contributed by atoms with E-state index >= 15 is 0 Å².